The molecule has 4 N–H and O–H groups in total. The Balaban J connectivity index is 1.57. The van der Waals surface area contributed by atoms with Gasteiger partial charge in [-0.2, -0.15) is 12.6 Å². The number of hydrogen-bond donors (Lipinski definition) is 4. The molecule has 0 spiro atoms. The lowest BCUT2D eigenvalue weighted by atomic mass is 10.1. The molecule has 15 heteroatoms. The molecule has 0 amide bonds. The summed E-state index contributed by atoms with van der Waals surface area (Å²) in [5.41, 5.74) is 1.89. The van der Waals surface area contributed by atoms with Crippen LogP contribution < -0.4 is 4.18 Å². The second-order valence-corrected chi connectivity index (χ2v) is 9.32. The lowest BCUT2D eigenvalue weighted by Gasteiger charge is -2.02. The standard InChI is InChI=1S/C20H13N5O8S2/c26-25(27)18-7-10(19-21-14-5-2-11(33-34(28)29)8-16(14)23-19)1-4-13(18)20-22-15-6-3-12(35(30,31)32)9-17(15)24-20/h1-9H,(H,21,23)(H,22,24)(H,28,29)(H,30,31,32). The molecule has 0 fully saturated rings. The minimum atomic E-state index is -4.43. The van der Waals surface area contributed by atoms with Crippen molar-refractivity contribution in [3.63, 3.8) is 0 Å². The fourth-order valence-electron chi connectivity index (χ4n) is 3.57. The van der Waals surface area contributed by atoms with E-state index in [4.69, 9.17) is 8.74 Å². The maximum Gasteiger partial charge on any atom is 0.357 e. The molecule has 3 aromatic carbocycles. The van der Waals surface area contributed by atoms with E-state index in [0.717, 1.165) is 0 Å². The number of benzene rings is 3. The van der Waals surface area contributed by atoms with E-state index in [1.807, 2.05) is 0 Å². The van der Waals surface area contributed by atoms with Crippen LogP contribution in [0.3, 0.4) is 0 Å². The van der Waals surface area contributed by atoms with Gasteiger partial charge in [0.25, 0.3) is 15.8 Å². The first-order chi connectivity index (χ1) is 16.6. The van der Waals surface area contributed by atoms with Crippen LogP contribution in [-0.2, 0) is 21.5 Å². The van der Waals surface area contributed by atoms with Crippen molar-refractivity contribution in [2.45, 2.75) is 4.90 Å². The highest BCUT2D eigenvalue weighted by molar-refractivity contribution is 7.85. The van der Waals surface area contributed by atoms with Gasteiger partial charge in [-0.15, -0.1) is 0 Å². The van der Waals surface area contributed by atoms with Gasteiger partial charge in [-0.1, -0.05) is 6.07 Å². The Morgan fingerprint density at radius 2 is 1.60 bits per heavy atom. The largest absolute Gasteiger partial charge is 0.380 e. The van der Waals surface area contributed by atoms with Crippen molar-refractivity contribution in [2.24, 2.45) is 0 Å². The first kappa shape index (κ1) is 22.6. The van der Waals surface area contributed by atoms with Gasteiger partial charge >= 0.3 is 11.4 Å². The summed E-state index contributed by atoms with van der Waals surface area (Å²) in [6.45, 7) is 0. The van der Waals surface area contributed by atoms with Gasteiger partial charge in [-0.25, -0.2) is 9.97 Å². The molecule has 13 nitrogen and oxygen atoms in total. The molecule has 0 aliphatic heterocycles. The third kappa shape index (κ3) is 4.35. The summed E-state index contributed by atoms with van der Waals surface area (Å²) >= 11 is -2.49. The van der Waals surface area contributed by atoms with E-state index in [2.05, 4.69) is 19.9 Å². The molecule has 5 rings (SSSR count). The molecule has 178 valence electrons. The number of nitrogens with one attached hydrogen (secondary N) is 2. The summed E-state index contributed by atoms with van der Waals surface area (Å²) in [5, 5.41) is 11.9. The first-order valence-electron chi connectivity index (χ1n) is 9.64. The van der Waals surface area contributed by atoms with Crippen LogP contribution in [0, 0.1) is 10.1 Å². The number of fused-ring (bicyclic) bond motifs is 2. The Morgan fingerprint density at radius 1 is 0.943 bits per heavy atom. The Bertz CT molecular complexity index is 1780. The van der Waals surface area contributed by atoms with Gasteiger partial charge in [0.05, 0.1) is 37.4 Å². The zero-order valence-electron chi connectivity index (χ0n) is 17.2. The SMILES string of the molecule is O=[N+]([O-])c1cc(-c2nc3ccc(OS(=O)O)cc3[nH]2)ccc1-c1nc2ccc(S(=O)(=O)O)cc2[nH]1. The number of hydrogen-bond acceptors (Lipinski definition) is 8. The number of H-pyrrole nitrogens is 2. The van der Waals surface area contributed by atoms with E-state index in [0.29, 0.717) is 27.9 Å². The van der Waals surface area contributed by atoms with Crippen molar-refractivity contribution in [1.82, 2.24) is 19.9 Å². The maximum absolute atomic E-state index is 11.9. The fraction of sp³-hybridized carbons (Fsp3) is 0. The zero-order chi connectivity index (χ0) is 24.9. The van der Waals surface area contributed by atoms with E-state index >= 15 is 0 Å². The van der Waals surface area contributed by atoms with E-state index in [1.54, 1.807) is 12.1 Å². The van der Waals surface area contributed by atoms with E-state index in [9.17, 15) is 27.3 Å². The van der Waals surface area contributed by atoms with Gasteiger partial charge in [-0.3, -0.25) is 19.2 Å². The number of nitrogens with zero attached hydrogens (tertiary/aromatic N) is 3. The van der Waals surface area contributed by atoms with Gasteiger partial charge in [0.2, 0.25) is 0 Å². The molecular weight excluding hydrogens is 502 g/mol. The van der Waals surface area contributed by atoms with Crippen molar-refractivity contribution in [3.8, 4) is 28.5 Å². The van der Waals surface area contributed by atoms with Crippen molar-refractivity contribution >= 4 is 49.2 Å². The number of aromatic amines is 2. The quantitative estimate of drug-likeness (QED) is 0.112. The van der Waals surface area contributed by atoms with Gasteiger partial charge < -0.3 is 14.2 Å². The fourth-order valence-corrected chi connectivity index (χ4v) is 4.34. The van der Waals surface area contributed by atoms with Crippen LogP contribution in [0.15, 0.2) is 59.5 Å². The second-order valence-electron chi connectivity index (χ2n) is 7.29. The number of rotatable bonds is 6. The highest BCUT2D eigenvalue weighted by atomic mass is 32.2. The molecule has 35 heavy (non-hydrogen) atoms. The first-order valence-corrected chi connectivity index (χ1v) is 12.1. The minimum absolute atomic E-state index is 0.133. The third-order valence-corrected chi connectivity index (χ3v) is 6.28. The Kier molecular flexibility index (Phi) is 5.32. The molecule has 0 aliphatic rings. The Hall–Kier alpha value is -4.18. The number of aromatic nitrogens is 4. The molecule has 0 aliphatic carbocycles. The molecule has 1 atom stereocenters. The van der Waals surface area contributed by atoms with Crippen LogP contribution in [0.1, 0.15) is 0 Å². The highest BCUT2D eigenvalue weighted by Gasteiger charge is 2.21. The van der Waals surface area contributed by atoms with Gasteiger partial charge in [0.1, 0.15) is 17.4 Å². The smallest absolute Gasteiger partial charge is 0.357 e. The number of imidazole rings is 2. The third-order valence-electron chi connectivity index (χ3n) is 5.10. The van der Waals surface area contributed by atoms with Gasteiger partial charge in [-0.05, 0) is 36.4 Å². The molecule has 5 aromatic rings. The average molecular weight is 515 g/mol. The summed E-state index contributed by atoms with van der Waals surface area (Å²) in [4.78, 5) is 25.5. The monoisotopic (exact) mass is 515 g/mol. The second kappa shape index (κ2) is 8.24. The summed E-state index contributed by atoms with van der Waals surface area (Å²) in [5.74, 6) is 0.588. The topological polar surface area (TPSA) is 201 Å². The molecular formula is C20H13N5O8S2. The van der Waals surface area contributed by atoms with Crippen molar-refractivity contribution < 1.29 is 30.8 Å². The predicted molar refractivity (Wildman–Crippen MR) is 124 cm³/mol. The number of nitro benzene ring substituents is 1. The zero-order valence-corrected chi connectivity index (χ0v) is 18.8. The molecule has 2 aromatic heterocycles. The van der Waals surface area contributed by atoms with Crippen molar-refractivity contribution in [3.05, 3.63) is 64.7 Å². The molecule has 0 bridgehead atoms. The minimum Gasteiger partial charge on any atom is -0.380 e. The summed E-state index contributed by atoms with van der Waals surface area (Å²) in [6.07, 6.45) is 0. The molecule has 0 saturated heterocycles. The van der Waals surface area contributed by atoms with E-state index in [1.165, 1.54) is 42.5 Å². The molecule has 2 heterocycles. The normalized spacial score (nSPS) is 12.7. The van der Waals surface area contributed by atoms with Gasteiger partial charge in [0.15, 0.2) is 0 Å². The molecule has 0 radical (unpaired) electrons. The Morgan fingerprint density at radius 3 is 2.29 bits per heavy atom. The van der Waals surface area contributed by atoms with Crippen molar-refractivity contribution in [2.75, 3.05) is 0 Å². The highest BCUT2D eigenvalue weighted by Crippen LogP contribution is 2.34. The number of nitro groups is 1. The summed E-state index contributed by atoms with van der Waals surface area (Å²) < 4.78 is 56.5. The van der Waals surface area contributed by atoms with Crippen LogP contribution in [0.4, 0.5) is 5.69 Å². The Labute approximate surface area is 198 Å². The van der Waals surface area contributed by atoms with E-state index < -0.39 is 26.4 Å². The van der Waals surface area contributed by atoms with Crippen LogP contribution in [0.2, 0.25) is 0 Å². The maximum atomic E-state index is 11.9. The van der Waals surface area contributed by atoms with Crippen LogP contribution in [0.25, 0.3) is 44.8 Å². The summed E-state index contributed by atoms with van der Waals surface area (Å²) in [6, 6.07) is 12.6. The van der Waals surface area contributed by atoms with E-state index in [-0.39, 0.29) is 33.2 Å². The lowest BCUT2D eigenvalue weighted by molar-refractivity contribution is -0.384. The van der Waals surface area contributed by atoms with Gasteiger partial charge in [0, 0.05) is 17.7 Å². The molecule has 1 unspecified atom stereocenters. The average Bonchev–Trinajstić information content (AvgIpc) is 3.41. The van der Waals surface area contributed by atoms with Crippen LogP contribution >= 0.6 is 0 Å². The van der Waals surface area contributed by atoms with Crippen LogP contribution in [-0.4, -0.2) is 46.6 Å². The predicted octanol–water partition coefficient (Wildman–Crippen LogP) is 3.44. The molecule has 0 saturated carbocycles. The summed E-state index contributed by atoms with van der Waals surface area (Å²) in [7, 11) is -4.43. The van der Waals surface area contributed by atoms with Crippen LogP contribution in [0.5, 0.6) is 5.75 Å². The lowest BCUT2D eigenvalue weighted by Crippen LogP contribution is -1.97. The van der Waals surface area contributed by atoms with Crippen molar-refractivity contribution in [1.29, 1.82) is 0 Å².